The van der Waals surface area contributed by atoms with Gasteiger partial charge in [-0.05, 0) is 103 Å². The van der Waals surface area contributed by atoms with Gasteiger partial charge in [-0.3, -0.25) is 9.59 Å². The highest BCUT2D eigenvalue weighted by Crippen LogP contribution is 2.76. The van der Waals surface area contributed by atoms with E-state index in [2.05, 4.69) is 26.8 Å². The third-order valence-corrected chi connectivity index (χ3v) is 23.3. The summed E-state index contributed by atoms with van der Waals surface area (Å²) in [5.74, 6) is -4.47. The summed E-state index contributed by atoms with van der Waals surface area (Å²) < 4.78 is 68.2. The van der Waals surface area contributed by atoms with Gasteiger partial charge in [0, 0.05) is 25.3 Å². The summed E-state index contributed by atoms with van der Waals surface area (Å²) in [4.78, 5) is 54.0. The van der Waals surface area contributed by atoms with Crippen molar-refractivity contribution in [2.45, 2.75) is 255 Å². The number of carbonyl (C=O) groups is 4. The third kappa shape index (κ3) is 12.6. The van der Waals surface area contributed by atoms with Crippen LogP contribution in [0.25, 0.3) is 6.08 Å². The van der Waals surface area contributed by atoms with Crippen molar-refractivity contribution in [1.29, 1.82) is 0 Å². The molecule has 4 heterocycles. The predicted octanol–water partition coefficient (Wildman–Crippen LogP) is 0.515. The Morgan fingerprint density at radius 3 is 1.89 bits per heavy atom. The number of hydrogen-bond donors (Lipinski definition) is 12. The van der Waals surface area contributed by atoms with Crippen LogP contribution in [0.5, 0.6) is 0 Å². The first-order valence-corrected chi connectivity index (χ1v) is 32.4. The van der Waals surface area contributed by atoms with Gasteiger partial charge in [0.05, 0.1) is 37.4 Å². The Morgan fingerprint density at radius 2 is 1.26 bits per heavy atom. The number of fused-ring (bicyclic) bond motifs is 7. The van der Waals surface area contributed by atoms with Crippen molar-refractivity contribution in [3.8, 4) is 0 Å². The van der Waals surface area contributed by atoms with Crippen LogP contribution in [0.1, 0.15) is 120 Å². The van der Waals surface area contributed by atoms with Gasteiger partial charge in [0.25, 0.3) is 0 Å². The van der Waals surface area contributed by atoms with Gasteiger partial charge in [0.1, 0.15) is 91.6 Å². The van der Waals surface area contributed by atoms with Crippen LogP contribution in [0.3, 0.4) is 0 Å². The van der Waals surface area contributed by atoms with Crippen LogP contribution in [0.2, 0.25) is 0 Å². The van der Waals surface area contributed by atoms with Gasteiger partial charge in [-0.1, -0.05) is 90.4 Å². The molecular formula is C66H96O27. The lowest BCUT2D eigenvalue weighted by Crippen LogP contribution is -2.73. The summed E-state index contributed by atoms with van der Waals surface area (Å²) in [7, 11) is 0. The molecule has 0 spiro atoms. The maximum absolute atomic E-state index is 14.1. The summed E-state index contributed by atoms with van der Waals surface area (Å²) in [6.45, 7) is 16.5. The second kappa shape index (κ2) is 26.9. The third-order valence-electron chi connectivity index (χ3n) is 23.3. The zero-order chi connectivity index (χ0) is 68.0. The van der Waals surface area contributed by atoms with Gasteiger partial charge in [-0.25, -0.2) is 9.59 Å². The number of rotatable bonds is 16. The fourth-order valence-corrected chi connectivity index (χ4v) is 18.2. The first-order chi connectivity index (χ1) is 43.6. The summed E-state index contributed by atoms with van der Waals surface area (Å²) in [5, 5.41) is 133. The number of carbonyl (C=O) groups excluding carboxylic acids is 3. The van der Waals surface area contributed by atoms with Crippen LogP contribution in [-0.4, -0.2) is 246 Å². The number of aliphatic hydroxyl groups is 11. The van der Waals surface area contributed by atoms with Crippen molar-refractivity contribution < 1.29 is 133 Å². The first kappa shape index (κ1) is 71.6. The average molecular weight is 1320 g/mol. The van der Waals surface area contributed by atoms with Crippen LogP contribution in [0.15, 0.2) is 48.1 Å². The fourth-order valence-electron chi connectivity index (χ4n) is 18.2. The Hall–Kier alpha value is -4.18. The molecule has 4 aliphatic heterocycles. The van der Waals surface area contributed by atoms with E-state index in [1.54, 1.807) is 6.08 Å². The second-order valence-corrected chi connectivity index (χ2v) is 29.4. The number of ether oxygens (including phenoxy) is 11. The minimum atomic E-state index is -2.23. The number of carboxylic acid groups (broad SMARTS) is 1. The number of allylic oxidation sites excluding steroid dienone is 2. The zero-order valence-corrected chi connectivity index (χ0v) is 54.2. The second-order valence-electron chi connectivity index (χ2n) is 29.4. The number of carboxylic acids is 1. The van der Waals surface area contributed by atoms with E-state index in [0.717, 1.165) is 11.1 Å². The molecule has 0 unspecified atom stereocenters. The molecule has 10 rings (SSSR count). The molecule has 1 aromatic carbocycles. The Bertz CT molecular complexity index is 2910. The quantitative estimate of drug-likeness (QED) is 0.0353. The molecule has 93 heavy (non-hydrogen) atoms. The molecule has 522 valence electrons. The highest BCUT2D eigenvalue weighted by atomic mass is 16.8. The SMILES string of the molecule is CC(=O)O[C@H]1[C@H](OC(=O)/C=C/c2ccccc2)[C@]2(CO)[C@H](OC(C)=O)C[C@]3(C)C(=CC[C@@H]4[C@@]5(C)CC[C@H](O[C@@H]6O[C@H](C(=O)O)[C@@H](O)[C@H](O[C@@H]7OC[C@H](O)[C@H](O)[C@H]7O[C@@H]7O[C@@H](C)[C@H](O)[C@@H](O)[C@H]7O)[C@H]6O[C@@H]6O[C@H](CO)[C@H](O)[C@H](O)[C@H]6O)C(C)(C)[C@@H]5CC[C@]43C)[C@@H]2CC1(C)C. The Balaban J connectivity index is 0.980. The highest BCUT2D eigenvalue weighted by Gasteiger charge is 2.75. The van der Waals surface area contributed by atoms with Crippen LogP contribution in [-0.2, 0) is 71.3 Å². The highest BCUT2D eigenvalue weighted by molar-refractivity contribution is 5.87. The summed E-state index contributed by atoms with van der Waals surface area (Å²) in [6, 6.07) is 9.13. The fraction of sp³-hybridized carbons (Fsp3) is 0.788. The lowest BCUT2D eigenvalue weighted by atomic mass is 9.33. The van der Waals surface area contributed by atoms with Crippen molar-refractivity contribution in [2.24, 2.45) is 50.2 Å². The zero-order valence-electron chi connectivity index (χ0n) is 54.2. The van der Waals surface area contributed by atoms with Crippen LogP contribution in [0.4, 0.5) is 0 Å². The maximum atomic E-state index is 14.1. The molecule has 12 N–H and O–H groups in total. The monoisotopic (exact) mass is 1320 g/mol. The number of hydrogen-bond acceptors (Lipinski definition) is 26. The number of aliphatic carboxylic acids is 1. The van der Waals surface area contributed by atoms with Crippen molar-refractivity contribution in [3.63, 3.8) is 0 Å². The molecule has 0 radical (unpaired) electrons. The minimum absolute atomic E-state index is 0.0619. The van der Waals surface area contributed by atoms with Crippen LogP contribution >= 0.6 is 0 Å². The molecule has 9 aliphatic rings. The smallest absolute Gasteiger partial charge is 0.335 e. The van der Waals surface area contributed by atoms with Crippen molar-refractivity contribution in [2.75, 3.05) is 19.8 Å². The van der Waals surface area contributed by atoms with Gasteiger partial charge in [-0.15, -0.1) is 0 Å². The molecule has 0 aromatic heterocycles. The molecule has 0 bridgehead atoms. The van der Waals surface area contributed by atoms with E-state index in [-0.39, 0.29) is 18.3 Å². The van der Waals surface area contributed by atoms with Crippen LogP contribution < -0.4 is 0 Å². The van der Waals surface area contributed by atoms with Gasteiger partial charge in [0.2, 0.25) is 0 Å². The summed E-state index contributed by atoms with van der Waals surface area (Å²) in [6.07, 6.45) is -31.1. The van der Waals surface area contributed by atoms with Gasteiger partial charge >= 0.3 is 23.9 Å². The van der Waals surface area contributed by atoms with Crippen LogP contribution in [0, 0.1) is 50.2 Å². The topological polar surface area (TPSA) is 413 Å². The predicted molar refractivity (Wildman–Crippen MR) is 318 cm³/mol. The van der Waals surface area contributed by atoms with Gasteiger partial charge in [0.15, 0.2) is 37.4 Å². The first-order valence-electron chi connectivity index (χ1n) is 32.4. The Labute approximate surface area is 539 Å². The molecule has 4 saturated carbocycles. The van der Waals surface area contributed by atoms with Crippen molar-refractivity contribution in [3.05, 3.63) is 53.6 Å². The van der Waals surface area contributed by atoms with Gasteiger partial charge < -0.3 is 113 Å². The molecule has 8 fully saturated rings. The molecule has 27 nitrogen and oxygen atoms in total. The van der Waals surface area contributed by atoms with E-state index in [4.69, 9.17) is 52.1 Å². The van der Waals surface area contributed by atoms with E-state index >= 15 is 0 Å². The van der Waals surface area contributed by atoms with Crippen molar-refractivity contribution >= 4 is 30.0 Å². The molecule has 27 heteroatoms. The van der Waals surface area contributed by atoms with E-state index in [9.17, 15) is 80.5 Å². The Morgan fingerprint density at radius 1 is 0.624 bits per heavy atom. The molecule has 4 saturated heterocycles. The van der Waals surface area contributed by atoms with E-state index < -0.39 is 223 Å². The van der Waals surface area contributed by atoms with Crippen molar-refractivity contribution in [1.82, 2.24) is 0 Å². The number of aliphatic hydroxyl groups excluding tert-OH is 11. The minimum Gasteiger partial charge on any atom is -0.479 e. The van der Waals surface area contributed by atoms with E-state index in [1.807, 2.05) is 58.0 Å². The lowest BCUT2D eigenvalue weighted by molar-refractivity contribution is -0.400. The average Bonchev–Trinajstić information content (AvgIpc) is 0.668. The summed E-state index contributed by atoms with van der Waals surface area (Å²) >= 11 is 0. The standard InChI is InChI=1S/C66H96O27/c1-29-42(73)45(76)47(78)57(84-29)92-52-43(74)35(71)27-83-59(52)90-50-49(80)51(56(81)82)91-60(53(50)93-58-48(79)46(77)44(75)36(26-67)87-58)88-39-21-22-63(8)37(62(39,6)7)20-23-64(9)38(63)18-17-33-34-24-61(4,5)54(86-31(3)70)55(89-41(72)19-16-32-14-12-11-13-15-32)66(34,28-68)40(85-30(2)69)25-65(33,64)10/h11-17,19,29,34-40,42-55,57-60,67-68,71,73-80H,18,20-28H2,1-10H3,(H,81,82)/b19-16+/t29-,34-,35-,36+,37-,38+,39-,40+,42-,43-,44-,45+,46-,47+,48+,49-,50-,51-,52+,53+,54-,55-,57-,58-,59-,60+,63-,64+,65+,66-/m0/s1. The maximum Gasteiger partial charge on any atom is 0.335 e. The molecule has 0 amide bonds. The normalized spacial score (nSPS) is 47.7. The molecule has 30 atom stereocenters. The molecular weight excluding hydrogens is 1220 g/mol. The summed E-state index contributed by atoms with van der Waals surface area (Å²) in [5.41, 5.74) is -3.16. The van der Waals surface area contributed by atoms with Gasteiger partial charge in [-0.2, -0.15) is 0 Å². The molecule has 5 aliphatic carbocycles. The largest absolute Gasteiger partial charge is 0.479 e. The Kier molecular flexibility index (Phi) is 20.7. The number of esters is 3. The van der Waals surface area contributed by atoms with E-state index in [0.29, 0.717) is 38.5 Å². The number of benzene rings is 1. The molecule has 1 aromatic rings. The lowest BCUT2D eigenvalue weighted by Gasteiger charge is -2.72. The van der Waals surface area contributed by atoms with E-state index in [1.165, 1.54) is 26.8 Å².